The largest absolute Gasteiger partial charge is 0.489 e. The van der Waals surface area contributed by atoms with Crippen molar-refractivity contribution in [3.05, 3.63) is 70.3 Å². The van der Waals surface area contributed by atoms with Crippen LogP contribution in [0.2, 0.25) is 0 Å². The summed E-state index contributed by atoms with van der Waals surface area (Å²) in [7, 11) is 0. The maximum absolute atomic E-state index is 13.8. The fourth-order valence-corrected chi connectivity index (χ4v) is 2.36. The molecule has 0 aliphatic carbocycles. The summed E-state index contributed by atoms with van der Waals surface area (Å²) < 4.78 is 33.2. The fraction of sp³-hybridized carbons (Fsp3) is 0.0625. The van der Waals surface area contributed by atoms with Gasteiger partial charge in [0.1, 0.15) is 24.0 Å². The van der Waals surface area contributed by atoms with Gasteiger partial charge in [0.15, 0.2) is 0 Å². The first-order valence-electron chi connectivity index (χ1n) is 6.25. The minimum absolute atomic E-state index is 0.106. The Balaban J connectivity index is 1.85. The monoisotopic (exact) mass is 349 g/mol. The molecule has 3 aromatic rings. The maximum atomic E-state index is 13.8. The Bertz CT molecular complexity index is 807. The molecule has 1 heterocycles. The number of hydrogen-bond acceptors (Lipinski definition) is 2. The summed E-state index contributed by atoms with van der Waals surface area (Å²) in [6.45, 7) is -0.185. The highest BCUT2D eigenvalue weighted by Gasteiger charge is 2.13. The predicted octanol–water partition coefficient (Wildman–Crippen LogP) is 4.85. The normalized spacial score (nSPS) is 10.8. The zero-order valence-electron chi connectivity index (χ0n) is 10.8. The Morgan fingerprint density at radius 2 is 1.95 bits per heavy atom. The molecule has 0 aliphatic heterocycles. The zero-order chi connectivity index (χ0) is 14.8. The highest BCUT2D eigenvalue weighted by molar-refractivity contribution is 9.10. The molecular weight excluding hydrogens is 340 g/mol. The molecule has 0 aliphatic rings. The minimum atomic E-state index is -0.645. The molecule has 0 N–H and O–H groups in total. The first-order chi connectivity index (χ1) is 10.1. The summed E-state index contributed by atoms with van der Waals surface area (Å²) in [5.74, 6) is -0.761. The molecule has 3 rings (SSSR count). The second-order valence-electron chi connectivity index (χ2n) is 4.47. The summed E-state index contributed by atoms with van der Waals surface area (Å²) in [6, 6.07) is 11.6. The van der Waals surface area contributed by atoms with E-state index in [1.807, 2.05) is 18.2 Å². The Morgan fingerprint density at radius 3 is 2.81 bits per heavy atom. The highest BCUT2D eigenvalue weighted by atomic mass is 79.9. The van der Waals surface area contributed by atoms with Crippen molar-refractivity contribution >= 4 is 26.8 Å². The molecule has 1 aromatic heterocycles. The van der Waals surface area contributed by atoms with Gasteiger partial charge in [-0.2, -0.15) is 0 Å². The molecule has 0 saturated carbocycles. The lowest BCUT2D eigenvalue weighted by Crippen LogP contribution is -2.02. The lowest BCUT2D eigenvalue weighted by molar-refractivity contribution is 0.292. The van der Waals surface area contributed by atoms with Crippen LogP contribution in [0, 0.1) is 11.6 Å². The van der Waals surface area contributed by atoms with E-state index in [4.69, 9.17) is 4.74 Å². The van der Waals surface area contributed by atoms with Crippen molar-refractivity contribution in [2.45, 2.75) is 6.61 Å². The van der Waals surface area contributed by atoms with E-state index in [9.17, 15) is 8.78 Å². The van der Waals surface area contributed by atoms with Crippen LogP contribution in [0.1, 0.15) is 5.56 Å². The number of nitrogens with zero attached hydrogens (tertiary/aromatic N) is 1. The molecular formula is C16H10BrF2NO. The van der Waals surface area contributed by atoms with Crippen LogP contribution in [0.25, 0.3) is 10.9 Å². The molecule has 0 spiro atoms. The van der Waals surface area contributed by atoms with Gasteiger partial charge in [-0.1, -0.05) is 6.07 Å². The number of aromatic nitrogens is 1. The molecule has 0 unspecified atom stereocenters. The van der Waals surface area contributed by atoms with E-state index in [1.165, 1.54) is 12.1 Å². The van der Waals surface area contributed by atoms with Crippen molar-refractivity contribution in [1.82, 2.24) is 4.98 Å². The number of halogens is 3. The topological polar surface area (TPSA) is 22.1 Å². The standard InChI is InChI=1S/C16H10BrF2NO/c17-13-5-6-14(18)12(16(13)19)9-21-11-4-3-10-2-1-7-20-15(10)8-11/h1-8H,9H2. The van der Waals surface area contributed by atoms with Gasteiger partial charge in [-0.3, -0.25) is 4.98 Å². The molecule has 106 valence electrons. The average molecular weight is 350 g/mol. The number of ether oxygens (including phenoxy) is 1. The second kappa shape index (κ2) is 5.77. The van der Waals surface area contributed by atoms with Gasteiger partial charge in [0.05, 0.1) is 15.6 Å². The molecule has 5 heteroatoms. The summed E-state index contributed by atoms with van der Waals surface area (Å²) in [5, 5.41) is 0.977. The van der Waals surface area contributed by atoms with Gasteiger partial charge in [-0.25, -0.2) is 8.78 Å². The van der Waals surface area contributed by atoms with Gasteiger partial charge in [-0.15, -0.1) is 0 Å². The van der Waals surface area contributed by atoms with Crippen LogP contribution in [0.15, 0.2) is 53.1 Å². The zero-order valence-corrected chi connectivity index (χ0v) is 12.4. The first kappa shape index (κ1) is 13.9. The van der Waals surface area contributed by atoms with Gasteiger partial charge < -0.3 is 4.74 Å². The van der Waals surface area contributed by atoms with E-state index in [1.54, 1.807) is 18.3 Å². The third kappa shape index (κ3) is 2.88. The Kier molecular flexibility index (Phi) is 3.84. The van der Waals surface area contributed by atoms with Crippen LogP contribution in [-0.4, -0.2) is 4.98 Å². The molecule has 0 bridgehead atoms. The van der Waals surface area contributed by atoms with Crippen LogP contribution in [0.5, 0.6) is 5.75 Å². The lowest BCUT2D eigenvalue weighted by Gasteiger charge is -2.09. The maximum Gasteiger partial charge on any atom is 0.146 e. The van der Waals surface area contributed by atoms with E-state index in [0.29, 0.717) is 5.75 Å². The summed E-state index contributed by atoms with van der Waals surface area (Å²) in [5.41, 5.74) is 0.663. The van der Waals surface area contributed by atoms with Crippen LogP contribution < -0.4 is 4.74 Å². The van der Waals surface area contributed by atoms with Crippen LogP contribution in [0.4, 0.5) is 8.78 Å². The van der Waals surface area contributed by atoms with Gasteiger partial charge in [0, 0.05) is 17.6 Å². The van der Waals surface area contributed by atoms with Gasteiger partial charge in [0.25, 0.3) is 0 Å². The van der Waals surface area contributed by atoms with E-state index >= 15 is 0 Å². The quantitative estimate of drug-likeness (QED) is 0.630. The summed E-state index contributed by atoms with van der Waals surface area (Å²) >= 11 is 3.03. The van der Waals surface area contributed by atoms with Crippen molar-refractivity contribution in [3.8, 4) is 5.75 Å². The van der Waals surface area contributed by atoms with Crippen LogP contribution in [0.3, 0.4) is 0 Å². The number of benzene rings is 2. The molecule has 0 saturated heterocycles. The Morgan fingerprint density at radius 1 is 1.10 bits per heavy atom. The van der Waals surface area contributed by atoms with Gasteiger partial charge >= 0.3 is 0 Å². The Hall–Kier alpha value is -2.01. The van der Waals surface area contributed by atoms with Crippen molar-refractivity contribution in [2.24, 2.45) is 0 Å². The summed E-state index contributed by atoms with van der Waals surface area (Å²) in [4.78, 5) is 4.21. The molecule has 0 amide bonds. The van der Waals surface area contributed by atoms with Crippen LogP contribution in [-0.2, 0) is 6.61 Å². The van der Waals surface area contributed by atoms with Crippen molar-refractivity contribution in [1.29, 1.82) is 0 Å². The number of fused-ring (bicyclic) bond motifs is 1. The fourth-order valence-electron chi connectivity index (χ4n) is 1.99. The molecule has 2 aromatic carbocycles. The number of rotatable bonds is 3. The average Bonchev–Trinajstić information content (AvgIpc) is 2.51. The number of hydrogen-bond donors (Lipinski definition) is 0. The van der Waals surface area contributed by atoms with Crippen molar-refractivity contribution < 1.29 is 13.5 Å². The molecule has 0 atom stereocenters. The number of pyridine rings is 1. The highest BCUT2D eigenvalue weighted by Crippen LogP contribution is 2.24. The lowest BCUT2D eigenvalue weighted by atomic mass is 10.2. The molecule has 21 heavy (non-hydrogen) atoms. The van der Waals surface area contributed by atoms with Crippen molar-refractivity contribution in [3.63, 3.8) is 0 Å². The SMILES string of the molecule is Fc1ccc(Br)c(F)c1COc1ccc2cccnc2c1. The minimum Gasteiger partial charge on any atom is -0.489 e. The smallest absolute Gasteiger partial charge is 0.146 e. The van der Waals surface area contributed by atoms with E-state index in [2.05, 4.69) is 20.9 Å². The second-order valence-corrected chi connectivity index (χ2v) is 5.32. The molecule has 2 nitrogen and oxygen atoms in total. The van der Waals surface area contributed by atoms with E-state index in [0.717, 1.165) is 10.9 Å². The third-order valence-electron chi connectivity index (χ3n) is 3.10. The van der Waals surface area contributed by atoms with E-state index < -0.39 is 11.6 Å². The van der Waals surface area contributed by atoms with Crippen molar-refractivity contribution in [2.75, 3.05) is 0 Å². The molecule has 0 fully saturated rings. The summed E-state index contributed by atoms with van der Waals surface area (Å²) in [6.07, 6.45) is 1.68. The van der Waals surface area contributed by atoms with Gasteiger partial charge in [0.2, 0.25) is 0 Å². The predicted molar refractivity (Wildman–Crippen MR) is 80.1 cm³/mol. The Labute approximate surface area is 128 Å². The van der Waals surface area contributed by atoms with Crippen LogP contribution >= 0.6 is 15.9 Å². The molecule has 0 radical (unpaired) electrons. The van der Waals surface area contributed by atoms with E-state index in [-0.39, 0.29) is 16.6 Å². The van der Waals surface area contributed by atoms with Gasteiger partial charge in [-0.05, 0) is 46.3 Å². The first-order valence-corrected chi connectivity index (χ1v) is 7.04. The third-order valence-corrected chi connectivity index (χ3v) is 3.71.